The van der Waals surface area contributed by atoms with Crippen LogP contribution >= 0.6 is 22.7 Å². The molecular formula is C44H27NS2. The standard InChI is InChI=1S/C44H27NS2/c1-2-10-35-28(8-1)9-7-13-36(35)29-16-19-32(20-17-29)45(34-22-23-43-40(27-34)38-12-4-5-14-41(38)46-43)33-21-18-30-26-44-39(25-31(30)24-33)37-11-3-6-15-42(37)47-44/h1-27H. The maximum absolute atomic E-state index is 2.41. The monoisotopic (exact) mass is 633 g/mol. The second-order valence-electron chi connectivity index (χ2n) is 12.2. The minimum Gasteiger partial charge on any atom is -0.310 e. The molecule has 10 rings (SSSR count). The Morgan fingerprint density at radius 1 is 0.319 bits per heavy atom. The maximum Gasteiger partial charge on any atom is 0.0468 e. The van der Waals surface area contributed by atoms with Gasteiger partial charge in [-0.15, -0.1) is 22.7 Å². The van der Waals surface area contributed by atoms with E-state index in [1.165, 1.54) is 73.0 Å². The Balaban J connectivity index is 1.16. The average molecular weight is 634 g/mol. The third-order valence-corrected chi connectivity index (χ3v) is 11.7. The van der Waals surface area contributed by atoms with E-state index in [-0.39, 0.29) is 0 Å². The lowest BCUT2D eigenvalue weighted by atomic mass is 9.98. The van der Waals surface area contributed by atoms with Crippen LogP contribution in [-0.4, -0.2) is 0 Å². The lowest BCUT2D eigenvalue weighted by molar-refractivity contribution is 1.30. The molecule has 10 aromatic rings. The first-order chi connectivity index (χ1) is 23.3. The molecule has 0 N–H and O–H groups in total. The zero-order valence-corrected chi connectivity index (χ0v) is 27.0. The molecule has 0 unspecified atom stereocenters. The summed E-state index contributed by atoms with van der Waals surface area (Å²) in [5.41, 5.74) is 5.91. The third-order valence-electron chi connectivity index (χ3n) is 9.42. The summed E-state index contributed by atoms with van der Waals surface area (Å²) >= 11 is 3.74. The van der Waals surface area contributed by atoms with E-state index >= 15 is 0 Å². The Hall–Kier alpha value is -5.48. The minimum atomic E-state index is 1.13. The third kappa shape index (κ3) is 4.35. The van der Waals surface area contributed by atoms with Gasteiger partial charge in [0.1, 0.15) is 0 Å². The number of hydrogen-bond donors (Lipinski definition) is 0. The van der Waals surface area contributed by atoms with Gasteiger partial charge in [0.2, 0.25) is 0 Å². The van der Waals surface area contributed by atoms with Crippen LogP contribution < -0.4 is 4.90 Å². The molecule has 0 saturated heterocycles. The first kappa shape index (κ1) is 26.7. The Morgan fingerprint density at radius 3 is 1.72 bits per heavy atom. The first-order valence-corrected chi connectivity index (χ1v) is 17.5. The summed E-state index contributed by atoms with van der Waals surface area (Å²) in [7, 11) is 0. The molecule has 0 fully saturated rings. The van der Waals surface area contributed by atoms with Crippen LogP contribution in [0.15, 0.2) is 164 Å². The van der Waals surface area contributed by atoms with Gasteiger partial charge in [-0.1, -0.05) is 97.1 Å². The number of anilines is 3. The molecule has 0 atom stereocenters. The normalized spacial score (nSPS) is 11.8. The lowest BCUT2D eigenvalue weighted by Crippen LogP contribution is -2.09. The van der Waals surface area contributed by atoms with Crippen molar-refractivity contribution >= 4 is 102 Å². The van der Waals surface area contributed by atoms with Gasteiger partial charge in [-0.3, -0.25) is 0 Å². The molecule has 220 valence electrons. The highest BCUT2D eigenvalue weighted by atomic mass is 32.1. The van der Waals surface area contributed by atoms with Crippen molar-refractivity contribution in [1.82, 2.24) is 0 Å². The van der Waals surface area contributed by atoms with E-state index in [4.69, 9.17) is 0 Å². The fraction of sp³-hybridized carbons (Fsp3) is 0. The summed E-state index contributed by atoms with van der Waals surface area (Å²) in [5.74, 6) is 0. The molecule has 2 aromatic heterocycles. The summed E-state index contributed by atoms with van der Waals surface area (Å²) in [4.78, 5) is 2.41. The second kappa shape index (κ2) is 10.5. The van der Waals surface area contributed by atoms with Crippen LogP contribution in [-0.2, 0) is 0 Å². The molecule has 0 aliphatic heterocycles. The van der Waals surface area contributed by atoms with Gasteiger partial charge >= 0.3 is 0 Å². The van der Waals surface area contributed by atoms with Gasteiger partial charge in [0.15, 0.2) is 0 Å². The molecule has 0 aliphatic carbocycles. The highest BCUT2D eigenvalue weighted by Gasteiger charge is 2.17. The van der Waals surface area contributed by atoms with Crippen molar-refractivity contribution in [1.29, 1.82) is 0 Å². The van der Waals surface area contributed by atoms with Crippen molar-refractivity contribution in [3.63, 3.8) is 0 Å². The fourth-order valence-electron chi connectivity index (χ4n) is 7.16. The zero-order valence-electron chi connectivity index (χ0n) is 25.4. The molecule has 0 spiro atoms. The van der Waals surface area contributed by atoms with E-state index in [2.05, 4.69) is 169 Å². The predicted octanol–water partition coefficient (Wildman–Crippen LogP) is 13.9. The van der Waals surface area contributed by atoms with Gasteiger partial charge in [-0.2, -0.15) is 0 Å². The summed E-state index contributed by atoms with van der Waals surface area (Å²) in [6, 6.07) is 60.3. The van der Waals surface area contributed by atoms with E-state index in [9.17, 15) is 0 Å². The van der Waals surface area contributed by atoms with Crippen molar-refractivity contribution in [2.75, 3.05) is 4.90 Å². The SMILES string of the molecule is c1ccc2c(-c3ccc(N(c4ccc5cc6sc7ccccc7c6cc5c4)c4ccc5sc6ccccc6c5c4)cc3)cccc2c1. The maximum atomic E-state index is 2.41. The molecule has 47 heavy (non-hydrogen) atoms. The zero-order chi connectivity index (χ0) is 30.9. The van der Waals surface area contributed by atoms with E-state index in [1.807, 2.05) is 22.7 Å². The number of benzene rings is 8. The number of fused-ring (bicyclic) bond motifs is 8. The number of thiophene rings is 2. The highest BCUT2D eigenvalue weighted by molar-refractivity contribution is 7.26. The van der Waals surface area contributed by atoms with Gasteiger partial charge in [0, 0.05) is 57.4 Å². The lowest BCUT2D eigenvalue weighted by Gasteiger charge is -2.26. The van der Waals surface area contributed by atoms with Gasteiger partial charge in [0.25, 0.3) is 0 Å². The molecule has 0 radical (unpaired) electrons. The van der Waals surface area contributed by atoms with Crippen LogP contribution in [0, 0.1) is 0 Å². The van der Waals surface area contributed by atoms with Crippen LogP contribution in [0.25, 0.3) is 73.0 Å². The summed E-state index contributed by atoms with van der Waals surface area (Å²) in [6.07, 6.45) is 0. The van der Waals surface area contributed by atoms with Gasteiger partial charge in [-0.05, 0) is 99.4 Å². The van der Waals surface area contributed by atoms with Crippen molar-refractivity contribution in [2.45, 2.75) is 0 Å². The fourth-order valence-corrected chi connectivity index (χ4v) is 9.39. The molecule has 0 bridgehead atoms. The summed E-state index contributed by atoms with van der Waals surface area (Å²) < 4.78 is 5.30. The van der Waals surface area contributed by atoms with E-state index in [0.29, 0.717) is 0 Å². The average Bonchev–Trinajstić information content (AvgIpc) is 3.68. The molecule has 1 nitrogen and oxygen atoms in total. The molecular weight excluding hydrogens is 607 g/mol. The van der Waals surface area contributed by atoms with Crippen molar-refractivity contribution in [2.24, 2.45) is 0 Å². The Kier molecular flexibility index (Phi) is 5.98. The number of nitrogens with zero attached hydrogens (tertiary/aromatic N) is 1. The van der Waals surface area contributed by atoms with Gasteiger partial charge in [-0.25, -0.2) is 0 Å². The minimum absolute atomic E-state index is 1.13. The highest BCUT2D eigenvalue weighted by Crippen LogP contribution is 2.43. The number of rotatable bonds is 4. The van der Waals surface area contributed by atoms with Crippen LogP contribution in [0.4, 0.5) is 17.1 Å². The molecule has 0 aliphatic rings. The second-order valence-corrected chi connectivity index (χ2v) is 14.3. The van der Waals surface area contributed by atoms with E-state index in [0.717, 1.165) is 17.1 Å². The topological polar surface area (TPSA) is 3.24 Å². The van der Waals surface area contributed by atoms with Crippen molar-refractivity contribution < 1.29 is 0 Å². The largest absolute Gasteiger partial charge is 0.310 e. The predicted molar refractivity (Wildman–Crippen MR) is 207 cm³/mol. The van der Waals surface area contributed by atoms with E-state index in [1.54, 1.807) is 0 Å². The van der Waals surface area contributed by atoms with E-state index < -0.39 is 0 Å². The molecule has 2 heterocycles. The molecule has 0 amide bonds. The van der Waals surface area contributed by atoms with Crippen LogP contribution in [0.5, 0.6) is 0 Å². The molecule has 0 saturated carbocycles. The Morgan fingerprint density at radius 2 is 0.915 bits per heavy atom. The van der Waals surface area contributed by atoms with Crippen LogP contribution in [0.2, 0.25) is 0 Å². The number of hydrogen-bond acceptors (Lipinski definition) is 3. The quantitative estimate of drug-likeness (QED) is 0.186. The summed E-state index contributed by atoms with van der Waals surface area (Å²) in [6.45, 7) is 0. The van der Waals surface area contributed by atoms with Crippen LogP contribution in [0.1, 0.15) is 0 Å². The van der Waals surface area contributed by atoms with Gasteiger partial charge < -0.3 is 4.90 Å². The molecule has 8 aromatic carbocycles. The van der Waals surface area contributed by atoms with Crippen molar-refractivity contribution in [3.05, 3.63) is 164 Å². The smallest absolute Gasteiger partial charge is 0.0468 e. The first-order valence-electron chi connectivity index (χ1n) is 15.9. The van der Waals surface area contributed by atoms with Crippen molar-refractivity contribution in [3.8, 4) is 11.1 Å². The molecule has 3 heteroatoms. The van der Waals surface area contributed by atoms with Crippen LogP contribution in [0.3, 0.4) is 0 Å². The Bertz CT molecular complexity index is 2800. The summed E-state index contributed by atoms with van der Waals surface area (Å²) in [5, 5.41) is 10.3. The van der Waals surface area contributed by atoms with Gasteiger partial charge in [0.05, 0.1) is 0 Å². The Labute approximate surface area is 280 Å².